The quantitative estimate of drug-likeness (QED) is 0.623. The Balaban J connectivity index is 2.38. The molecule has 1 heterocycles. The van der Waals surface area contributed by atoms with Crippen LogP contribution in [0.3, 0.4) is 0 Å². The zero-order chi connectivity index (χ0) is 15.4. The Morgan fingerprint density at radius 3 is 2.62 bits per heavy atom. The van der Waals surface area contributed by atoms with Crippen LogP contribution in [0.25, 0.3) is 16.0 Å². The van der Waals surface area contributed by atoms with Crippen molar-refractivity contribution >= 4 is 22.9 Å². The zero-order valence-electron chi connectivity index (χ0n) is 12.6. The van der Waals surface area contributed by atoms with E-state index < -0.39 is 0 Å². The van der Waals surface area contributed by atoms with Gasteiger partial charge < -0.3 is 9.47 Å². The molecule has 0 amide bonds. The molecule has 0 N–H and O–H groups in total. The van der Waals surface area contributed by atoms with Gasteiger partial charge in [0.15, 0.2) is 0 Å². The number of hydrogen-bond donors (Lipinski definition) is 0. The number of aryl methyl sites for hydroxylation is 1. The van der Waals surface area contributed by atoms with Crippen LogP contribution in [0.4, 0.5) is 0 Å². The molecule has 0 fully saturated rings. The SMILES string of the molecule is COC(=O)/C=C(\C)c1ccc(-c2cc(C)ccc2OC)s1. The van der Waals surface area contributed by atoms with Crippen molar-refractivity contribution in [3.8, 4) is 16.2 Å². The predicted octanol–water partition coefficient (Wildman–Crippen LogP) is 4.31. The molecule has 0 aliphatic carbocycles. The number of carbonyl (C=O) groups is 1. The molecule has 1 aromatic heterocycles. The van der Waals surface area contributed by atoms with E-state index in [2.05, 4.69) is 17.7 Å². The highest BCUT2D eigenvalue weighted by Crippen LogP contribution is 2.37. The molecule has 0 spiro atoms. The average Bonchev–Trinajstić information content (AvgIpc) is 2.96. The van der Waals surface area contributed by atoms with Gasteiger partial charge in [0.05, 0.1) is 14.2 Å². The second-order valence-electron chi connectivity index (χ2n) is 4.72. The molecule has 4 heteroatoms. The fourth-order valence-electron chi connectivity index (χ4n) is 2.02. The Bertz CT molecular complexity index is 683. The monoisotopic (exact) mass is 302 g/mol. The largest absolute Gasteiger partial charge is 0.496 e. The molecule has 2 aromatic rings. The van der Waals surface area contributed by atoms with Gasteiger partial charge in [0, 0.05) is 21.4 Å². The molecular formula is C17H18O3S. The molecule has 1 aromatic carbocycles. The van der Waals surface area contributed by atoms with Crippen LogP contribution >= 0.6 is 11.3 Å². The van der Waals surface area contributed by atoms with E-state index in [1.165, 1.54) is 18.7 Å². The predicted molar refractivity (Wildman–Crippen MR) is 86.7 cm³/mol. The molecule has 0 radical (unpaired) electrons. The first-order valence-electron chi connectivity index (χ1n) is 6.56. The fraction of sp³-hybridized carbons (Fsp3) is 0.235. The van der Waals surface area contributed by atoms with Crippen molar-refractivity contribution in [3.05, 3.63) is 46.8 Å². The van der Waals surface area contributed by atoms with Crippen molar-refractivity contribution in [1.82, 2.24) is 0 Å². The van der Waals surface area contributed by atoms with Gasteiger partial charge >= 0.3 is 5.97 Å². The minimum Gasteiger partial charge on any atom is -0.496 e. The average molecular weight is 302 g/mol. The molecule has 2 rings (SSSR count). The van der Waals surface area contributed by atoms with Crippen LogP contribution in [-0.4, -0.2) is 20.2 Å². The number of rotatable bonds is 4. The second kappa shape index (κ2) is 6.59. The number of carbonyl (C=O) groups excluding carboxylic acids is 1. The van der Waals surface area contributed by atoms with Gasteiger partial charge in [0.1, 0.15) is 5.75 Å². The Morgan fingerprint density at radius 2 is 1.95 bits per heavy atom. The van der Waals surface area contributed by atoms with E-state index in [4.69, 9.17) is 4.74 Å². The van der Waals surface area contributed by atoms with E-state index in [0.717, 1.165) is 26.6 Å². The molecule has 21 heavy (non-hydrogen) atoms. The number of ether oxygens (including phenoxy) is 2. The van der Waals surface area contributed by atoms with Crippen molar-refractivity contribution in [3.63, 3.8) is 0 Å². The summed E-state index contributed by atoms with van der Waals surface area (Å²) in [7, 11) is 3.05. The maximum Gasteiger partial charge on any atom is 0.330 e. The van der Waals surface area contributed by atoms with Crippen LogP contribution in [0.2, 0.25) is 0 Å². The van der Waals surface area contributed by atoms with Crippen LogP contribution in [-0.2, 0) is 9.53 Å². The lowest BCUT2D eigenvalue weighted by molar-refractivity contribution is -0.134. The Labute approximate surface area is 128 Å². The third-order valence-corrected chi connectivity index (χ3v) is 4.40. The van der Waals surface area contributed by atoms with Crippen molar-refractivity contribution in [2.75, 3.05) is 14.2 Å². The minimum atomic E-state index is -0.337. The van der Waals surface area contributed by atoms with Crippen molar-refractivity contribution in [2.24, 2.45) is 0 Å². The highest BCUT2D eigenvalue weighted by Gasteiger charge is 2.10. The molecule has 0 bridgehead atoms. The first-order chi connectivity index (χ1) is 10.0. The normalized spacial score (nSPS) is 11.3. The summed E-state index contributed by atoms with van der Waals surface area (Å²) >= 11 is 1.63. The summed E-state index contributed by atoms with van der Waals surface area (Å²) in [5, 5.41) is 0. The van der Waals surface area contributed by atoms with Crippen LogP contribution < -0.4 is 4.74 Å². The van der Waals surface area contributed by atoms with E-state index in [-0.39, 0.29) is 5.97 Å². The first kappa shape index (κ1) is 15.3. The van der Waals surface area contributed by atoms with E-state index >= 15 is 0 Å². The molecule has 3 nitrogen and oxygen atoms in total. The maximum absolute atomic E-state index is 11.3. The van der Waals surface area contributed by atoms with Crippen molar-refractivity contribution in [2.45, 2.75) is 13.8 Å². The van der Waals surface area contributed by atoms with E-state index in [1.807, 2.05) is 31.2 Å². The molecule has 110 valence electrons. The lowest BCUT2D eigenvalue weighted by Crippen LogP contribution is -1.94. The molecule has 0 unspecified atom stereocenters. The molecular weight excluding hydrogens is 284 g/mol. The molecule has 0 aliphatic rings. The number of allylic oxidation sites excluding steroid dienone is 1. The molecule has 0 saturated heterocycles. The van der Waals surface area contributed by atoms with Gasteiger partial charge in [-0.15, -0.1) is 11.3 Å². The minimum absolute atomic E-state index is 0.337. The van der Waals surface area contributed by atoms with Gasteiger partial charge in [-0.05, 0) is 43.7 Å². The van der Waals surface area contributed by atoms with Gasteiger partial charge in [-0.25, -0.2) is 4.79 Å². The summed E-state index contributed by atoms with van der Waals surface area (Å²) in [5.74, 6) is 0.513. The number of thiophene rings is 1. The van der Waals surface area contributed by atoms with Crippen LogP contribution in [0.15, 0.2) is 36.4 Å². The lowest BCUT2D eigenvalue weighted by Gasteiger charge is -2.07. The molecule has 0 saturated carbocycles. The van der Waals surface area contributed by atoms with Gasteiger partial charge in [0.2, 0.25) is 0 Å². The van der Waals surface area contributed by atoms with Gasteiger partial charge in [-0.2, -0.15) is 0 Å². The third kappa shape index (κ3) is 3.52. The van der Waals surface area contributed by atoms with E-state index in [0.29, 0.717) is 0 Å². The maximum atomic E-state index is 11.3. The second-order valence-corrected chi connectivity index (χ2v) is 5.80. The first-order valence-corrected chi connectivity index (χ1v) is 7.38. The number of methoxy groups -OCH3 is 2. The van der Waals surface area contributed by atoms with Crippen LogP contribution in [0.5, 0.6) is 5.75 Å². The molecule has 0 atom stereocenters. The smallest absolute Gasteiger partial charge is 0.330 e. The summed E-state index contributed by atoms with van der Waals surface area (Å²) in [6.07, 6.45) is 1.50. The van der Waals surface area contributed by atoms with Crippen LogP contribution in [0, 0.1) is 6.92 Å². The Hall–Kier alpha value is -2.07. The number of benzene rings is 1. The Kier molecular flexibility index (Phi) is 4.81. The van der Waals surface area contributed by atoms with E-state index in [1.54, 1.807) is 18.4 Å². The topological polar surface area (TPSA) is 35.5 Å². The zero-order valence-corrected chi connectivity index (χ0v) is 13.4. The highest BCUT2D eigenvalue weighted by molar-refractivity contribution is 7.16. The summed E-state index contributed by atoms with van der Waals surface area (Å²) < 4.78 is 10.1. The summed E-state index contributed by atoms with van der Waals surface area (Å²) in [5.41, 5.74) is 3.15. The summed E-state index contributed by atoms with van der Waals surface area (Å²) in [6, 6.07) is 10.2. The third-order valence-electron chi connectivity index (χ3n) is 3.15. The summed E-state index contributed by atoms with van der Waals surface area (Å²) in [4.78, 5) is 13.5. The fourth-order valence-corrected chi connectivity index (χ4v) is 3.01. The van der Waals surface area contributed by atoms with Crippen molar-refractivity contribution in [1.29, 1.82) is 0 Å². The van der Waals surface area contributed by atoms with Gasteiger partial charge in [-0.3, -0.25) is 0 Å². The van der Waals surface area contributed by atoms with Gasteiger partial charge in [0.25, 0.3) is 0 Å². The van der Waals surface area contributed by atoms with Crippen LogP contribution in [0.1, 0.15) is 17.4 Å². The Morgan fingerprint density at radius 1 is 1.19 bits per heavy atom. The molecule has 0 aliphatic heterocycles. The lowest BCUT2D eigenvalue weighted by atomic mass is 10.1. The number of esters is 1. The standard InChI is InChI=1S/C17H18O3S/c1-11-5-6-14(19-3)13(9-11)16-8-7-15(21-16)12(2)10-17(18)20-4/h5-10H,1-4H3/b12-10+. The summed E-state index contributed by atoms with van der Waals surface area (Å²) in [6.45, 7) is 3.96. The highest BCUT2D eigenvalue weighted by atomic mass is 32.1. The van der Waals surface area contributed by atoms with Crippen molar-refractivity contribution < 1.29 is 14.3 Å². The van der Waals surface area contributed by atoms with E-state index in [9.17, 15) is 4.79 Å². The number of hydrogen-bond acceptors (Lipinski definition) is 4. The van der Waals surface area contributed by atoms with Gasteiger partial charge in [-0.1, -0.05) is 11.6 Å².